The number of nitro groups is 1. The van der Waals surface area contributed by atoms with E-state index in [1.54, 1.807) is 29.4 Å². The van der Waals surface area contributed by atoms with Crippen molar-refractivity contribution < 1.29 is 14.5 Å². The highest BCUT2D eigenvalue weighted by molar-refractivity contribution is 5.79. The SMILES string of the molecule is CCc1cnc(OC2CCCN(C(=O)Cc3ccc([N+](=O)[O-])cc3)C2)nc1. The zero-order valence-electron chi connectivity index (χ0n) is 15.2. The fraction of sp³-hybridized carbons (Fsp3) is 0.421. The van der Waals surface area contributed by atoms with Crippen molar-refractivity contribution >= 4 is 11.6 Å². The summed E-state index contributed by atoms with van der Waals surface area (Å²) in [6.45, 7) is 3.21. The molecule has 2 aromatic rings. The standard InChI is InChI=1S/C19H22N4O4/c1-2-14-11-20-19(21-12-14)27-17-4-3-9-22(13-17)18(24)10-15-5-7-16(8-6-15)23(25)26/h5-8,11-12,17H,2-4,9-10,13H2,1H3. The smallest absolute Gasteiger partial charge is 0.316 e. The van der Waals surface area contributed by atoms with E-state index in [-0.39, 0.29) is 24.1 Å². The van der Waals surface area contributed by atoms with Gasteiger partial charge in [-0.2, -0.15) is 0 Å². The van der Waals surface area contributed by atoms with Gasteiger partial charge in [0, 0.05) is 31.1 Å². The fourth-order valence-electron chi connectivity index (χ4n) is 3.02. The summed E-state index contributed by atoms with van der Waals surface area (Å²) in [4.78, 5) is 33.0. The molecule has 1 aromatic heterocycles. The topological polar surface area (TPSA) is 98.5 Å². The van der Waals surface area contributed by atoms with Gasteiger partial charge in [-0.15, -0.1) is 0 Å². The minimum Gasteiger partial charge on any atom is -0.458 e. The molecule has 1 aliphatic heterocycles. The first kappa shape index (κ1) is 18.8. The van der Waals surface area contributed by atoms with Crippen molar-refractivity contribution in [1.82, 2.24) is 14.9 Å². The molecule has 0 N–H and O–H groups in total. The molecule has 3 rings (SSSR count). The molecule has 1 unspecified atom stereocenters. The largest absolute Gasteiger partial charge is 0.458 e. The first-order valence-corrected chi connectivity index (χ1v) is 9.04. The zero-order valence-corrected chi connectivity index (χ0v) is 15.2. The Labute approximate surface area is 157 Å². The lowest BCUT2D eigenvalue weighted by molar-refractivity contribution is -0.384. The molecule has 2 heterocycles. The Morgan fingerprint density at radius 3 is 2.59 bits per heavy atom. The Hall–Kier alpha value is -3.03. The Morgan fingerprint density at radius 2 is 1.96 bits per heavy atom. The first-order chi connectivity index (χ1) is 13.0. The Bertz CT molecular complexity index is 792. The van der Waals surface area contributed by atoms with Crippen LogP contribution in [0.4, 0.5) is 5.69 Å². The number of nitro benzene ring substituents is 1. The maximum atomic E-state index is 12.6. The van der Waals surface area contributed by atoms with Crippen LogP contribution in [-0.2, 0) is 17.6 Å². The molecule has 0 bridgehead atoms. The van der Waals surface area contributed by atoms with E-state index < -0.39 is 4.92 Å². The lowest BCUT2D eigenvalue weighted by Gasteiger charge is -2.32. The lowest BCUT2D eigenvalue weighted by Crippen LogP contribution is -2.45. The van der Waals surface area contributed by atoms with Gasteiger partial charge in [0.1, 0.15) is 6.10 Å². The van der Waals surface area contributed by atoms with Crippen molar-refractivity contribution in [3.8, 4) is 6.01 Å². The van der Waals surface area contributed by atoms with Crippen LogP contribution in [0.1, 0.15) is 30.9 Å². The highest BCUT2D eigenvalue weighted by atomic mass is 16.6. The van der Waals surface area contributed by atoms with Crippen LogP contribution in [-0.4, -0.2) is 44.9 Å². The van der Waals surface area contributed by atoms with Crippen molar-refractivity contribution in [3.63, 3.8) is 0 Å². The van der Waals surface area contributed by atoms with Gasteiger partial charge < -0.3 is 9.64 Å². The third-order valence-electron chi connectivity index (χ3n) is 4.60. The number of likely N-dealkylation sites (tertiary alicyclic amines) is 1. The quantitative estimate of drug-likeness (QED) is 0.572. The molecule has 1 saturated heterocycles. The minimum atomic E-state index is -0.451. The second-order valence-electron chi connectivity index (χ2n) is 6.55. The van der Waals surface area contributed by atoms with E-state index >= 15 is 0 Å². The van der Waals surface area contributed by atoms with Crippen molar-refractivity contribution in [2.45, 2.75) is 38.7 Å². The van der Waals surface area contributed by atoms with E-state index in [0.29, 0.717) is 19.1 Å². The number of rotatable bonds is 6. The van der Waals surface area contributed by atoms with Crippen LogP contribution >= 0.6 is 0 Å². The molecule has 27 heavy (non-hydrogen) atoms. The van der Waals surface area contributed by atoms with Crippen LogP contribution in [0.25, 0.3) is 0 Å². The number of aromatic nitrogens is 2. The third kappa shape index (κ3) is 4.99. The molecule has 8 nitrogen and oxygen atoms in total. The predicted molar refractivity (Wildman–Crippen MR) is 98.4 cm³/mol. The fourth-order valence-corrected chi connectivity index (χ4v) is 3.02. The number of non-ortho nitro benzene ring substituents is 1. The van der Waals surface area contributed by atoms with Gasteiger partial charge in [-0.3, -0.25) is 14.9 Å². The van der Waals surface area contributed by atoms with Gasteiger partial charge in [0.2, 0.25) is 5.91 Å². The highest BCUT2D eigenvalue weighted by Gasteiger charge is 2.25. The van der Waals surface area contributed by atoms with Gasteiger partial charge in [0.25, 0.3) is 5.69 Å². The summed E-state index contributed by atoms with van der Waals surface area (Å²) < 4.78 is 5.84. The van der Waals surface area contributed by atoms with E-state index in [1.807, 2.05) is 6.92 Å². The average molecular weight is 370 g/mol. The van der Waals surface area contributed by atoms with Crippen LogP contribution in [0.2, 0.25) is 0 Å². The number of ether oxygens (including phenoxy) is 1. The third-order valence-corrected chi connectivity index (χ3v) is 4.60. The van der Waals surface area contributed by atoms with Crippen molar-refractivity contribution in [3.05, 3.63) is 57.9 Å². The van der Waals surface area contributed by atoms with Crippen molar-refractivity contribution in [2.24, 2.45) is 0 Å². The molecule has 1 atom stereocenters. The van der Waals surface area contributed by atoms with Crippen LogP contribution in [0.5, 0.6) is 6.01 Å². The van der Waals surface area contributed by atoms with Gasteiger partial charge in [0.15, 0.2) is 0 Å². The molecule has 1 aromatic carbocycles. The molecule has 0 spiro atoms. The van der Waals surface area contributed by atoms with Gasteiger partial charge in [-0.25, -0.2) is 9.97 Å². The number of nitrogens with zero attached hydrogens (tertiary/aromatic N) is 4. The van der Waals surface area contributed by atoms with Gasteiger partial charge in [0.05, 0.1) is 17.9 Å². The summed E-state index contributed by atoms with van der Waals surface area (Å²) >= 11 is 0. The van der Waals surface area contributed by atoms with E-state index in [0.717, 1.165) is 30.4 Å². The number of aryl methyl sites for hydroxylation is 1. The van der Waals surface area contributed by atoms with Crippen molar-refractivity contribution in [1.29, 1.82) is 0 Å². The molecule has 1 amide bonds. The Balaban J connectivity index is 1.56. The number of benzene rings is 1. The molecule has 0 aliphatic carbocycles. The summed E-state index contributed by atoms with van der Waals surface area (Å²) in [5, 5.41) is 10.7. The summed E-state index contributed by atoms with van der Waals surface area (Å²) in [6.07, 6.45) is 6.16. The number of amides is 1. The Kier molecular flexibility index (Phi) is 5.95. The highest BCUT2D eigenvalue weighted by Crippen LogP contribution is 2.18. The monoisotopic (exact) mass is 370 g/mol. The predicted octanol–water partition coefficient (Wildman–Crippen LogP) is 2.56. The summed E-state index contributed by atoms with van der Waals surface area (Å²) in [5.74, 6) is -0.0144. The molecule has 1 fully saturated rings. The maximum absolute atomic E-state index is 12.6. The van der Waals surface area contributed by atoms with Crippen LogP contribution in [0.15, 0.2) is 36.7 Å². The minimum absolute atomic E-state index is 0.0144. The number of hydrogen-bond acceptors (Lipinski definition) is 6. The second-order valence-corrected chi connectivity index (χ2v) is 6.55. The van der Waals surface area contributed by atoms with Gasteiger partial charge >= 0.3 is 6.01 Å². The Morgan fingerprint density at radius 1 is 1.26 bits per heavy atom. The second kappa shape index (κ2) is 8.57. The average Bonchev–Trinajstić information content (AvgIpc) is 2.69. The lowest BCUT2D eigenvalue weighted by atomic mass is 10.1. The first-order valence-electron chi connectivity index (χ1n) is 9.04. The van der Waals surface area contributed by atoms with Crippen LogP contribution in [0.3, 0.4) is 0 Å². The molecular formula is C19H22N4O4. The molecule has 1 aliphatic rings. The maximum Gasteiger partial charge on any atom is 0.316 e. The van der Waals surface area contributed by atoms with E-state index in [2.05, 4.69) is 9.97 Å². The zero-order chi connectivity index (χ0) is 19.2. The van der Waals surface area contributed by atoms with Crippen molar-refractivity contribution in [2.75, 3.05) is 13.1 Å². The van der Waals surface area contributed by atoms with Gasteiger partial charge in [-0.05, 0) is 30.4 Å². The molecule has 0 saturated carbocycles. The van der Waals surface area contributed by atoms with E-state index in [4.69, 9.17) is 4.74 Å². The number of piperidine rings is 1. The number of carbonyl (C=O) groups is 1. The summed E-state index contributed by atoms with van der Waals surface area (Å²) in [5.41, 5.74) is 1.82. The summed E-state index contributed by atoms with van der Waals surface area (Å²) in [6, 6.07) is 6.42. The molecule has 8 heteroatoms. The normalized spacial score (nSPS) is 16.8. The molecule has 142 valence electrons. The van der Waals surface area contributed by atoms with Crippen LogP contribution < -0.4 is 4.74 Å². The summed E-state index contributed by atoms with van der Waals surface area (Å²) in [7, 11) is 0. The van der Waals surface area contributed by atoms with Crippen LogP contribution in [0, 0.1) is 10.1 Å². The van der Waals surface area contributed by atoms with E-state index in [1.165, 1.54) is 12.1 Å². The molecular weight excluding hydrogens is 348 g/mol. The number of hydrogen-bond donors (Lipinski definition) is 0. The number of carbonyl (C=O) groups excluding carboxylic acids is 1. The van der Waals surface area contributed by atoms with E-state index in [9.17, 15) is 14.9 Å². The van der Waals surface area contributed by atoms with Gasteiger partial charge in [-0.1, -0.05) is 19.1 Å². The molecule has 0 radical (unpaired) electrons.